The number of carbonyl (C=O) groups excluding carboxylic acids is 3. The molecule has 1 aliphatic carbocycles. The second-order valence-corrected chi connectivity index (χ2v) is 11.4. The summed E-state index contributed by atoms with van der Waals surface area (Å²) in [5.74, 6) is 0.472. The van der Waals surface area contributed by atoms with E-state index in [4.69, 9.17) is 18.9 Å². The Hall–Kier alpha value is -3.59. The maximum absolute atomic E-state index is 12.5. The lowest BCUT2D eigenvalue weighted by atomic mass is 9.85. The van der Waals surface area contributed by atoms with Gasteiger partial charge < -0.3 is 23.8 Å². The van der Waals surface area contributed by atoms with E-state index in [9.17, 15) is 14.4 Å². The molecule has 0 saturated carbocycles. The van der Waals surface area contributed by atoms with Crippen LogP contribution < -0.4 is 4.74 Å². The first-order chi connectivity index (χ1) is 21.5. The third-order valence-corrected chi connectivity index (χ3v) is 8.24. The van der Waals surface area contributed by atoms with Crippen LogP contribution in [0.1, 0.15) is 91.9 Å². The summed E-state index contributed by atoms with van der Waals surface area (Å²) in [5.41, 5.74) is 4.26. The fraction of sp³-hybridized carbons (Fsp3) is 0.571. The molecule has 1 saturated heterocycles. The van der Waals surface area contributed by atoms with Gasteiger partial charge in [0.15, 0.2) is 0 Å². The maximum atomic E-state index is 12.5. The molecule has 0 bridgehead atoms. The topological polar surface area (TPSA) is 94.6 Å². The largest absolute Gasteiger partial charge is 0.493 e. The molecule has 1 fully saturated rings. The molecule has 1 heterocycles. The standard InChI is InChI=1S/C35H48N2O7/c1-3-23-43-34(39)29-16-17-30-28(26-29)12-9-13-31(30)36(19-8-7-15-33(38)41-4-2)21-18-27-11-5-6-14-32(27)42-24-10-20-37-22-25-44-35(37)40/h5-6,11,14,16-17,26,31H,3-4,7-10,12-13,15,18-25H2,1-2H3. The molecule has 2 aromatic carbocycles. The van der Waals surface area contributed by atoms with Gasteiger partial charge >= 0.3 is 18.0 Å². The van der Waals surface area contributed by atoms with E-state index in [1.807, 2.05) is 44.2 Å². The van der Waals surface area contributed by atoms with Crippen LogP contribution in [0.15, 0.2) is 42.5 Å². The molecule has 0 N–H and O–H groups in total. The average molecular weight is 609 g/mol. The van der Waals surface area contributed by atoms with Gasteiger partial charge in [-0.05, 0) is 99.7 Å². The number of hydrogen-bond donors (Lipinski definition) is 0. The molecule has 0 aromatic heterocycles. The third kappa shape index (κ3) is 9.71. The summed E-state index contributed by atoms with van der Waals surface area (Å²) < 4.78 is 21.7. The quantitative estimate of drug-likeness (QED) is 0.113. The van der Waals surface area contributed by atoms with Gasteiger partial charge in [0.1, 0.15) is 12.4 Å². The second kappa shape index (κ2) is 17.6. The van der Waals surface area contributed by atoms with Crippen molar-refractivity contribution in [3.05, 3.63) is 64.7 Å². The summed E-state index contributed by atoms with van der Waals surface area (Å²) in [4.78, 5) is 40.4. The summed E-state index contributed by atoms with van der Waals surface area (Å²) in [5, 5.41) is 0. The predicted octanol–water partition coefficient (Wildman–Crippen LogP) is 6.13. The van der Waals surface area contributed by atoms with Crippen LogP contribution in [0.2, 0.25) is 0 Å². The Morgan fingerprint density at radius 1 is 1.02 bits per heavy atom. The van der Waals surface area contributed by atoms with E-state index >= 15 is 0 Å². The van der Waals surface area contributed by atoms with Crippen molar-refractivity contribution in [2.45, 2.75) is 77.7 Å². The highest BCUT2D eigenvalue weighted by atomic mass is 16.6. The van der Waals surface area contributed by atoms with Crippen LogP contribution in [0.4, 0.5) is 4.79 Å². The van der Waals surface area contributed by atoms with Gasteiger partial charge in [-0.2, -0.15) is 0 Å². The minimum atomic E-state index is -0.260. The number of cyclic esters (lactones) is 1. The van der Waals surface area contributed by atoms with Gasteiger partial charge in [0, 0.05) is 25.6 Å². The Morgan fingerprint density at radius 3 is 2.68 bits per heavy atom. The first-order valence-corrected chi connectivity index (χ1v) is 16.3. The van der Waals surface area contributed by atoms with Crippen LogP contribution in [-0.2, 0) is 31.8 Å². The number of hydrogen-bond acceptors (Lipinski definition) is 8. The van der Waals surface area contributed by atoms with Crippen LogP contribution in [0, 0.1) is 0 Å². The number of benzene rings is 2. The summed E-state index contributed by atoms with van der Waals surface area (Å²) in [6, 6.07) is 14.4. The number of esters is 2. The molecule has 1 atom stereocenters. The molecule has 1 aliphatic heterocycles. The molecule has 240 valence electrons. The van der Waals surface area contributed by atoms with Gasteiger partial charge in [0.05, 0.1) is 31.9 Å². The van der Waals surface area contributed by atoms with E-state index < -0.39 is 0 Å². The highest BCUT2D eigenvalue weighted by Crippen LogP contribution is 2.36. The van der Waals surface area contributed by atoms with Crippen molar-refractivity contribution >= 4 is 18.0 Å². The lowest BCUT2D eigenvalue weighted by Gasteiger charge is -2.36. The van der Waals surface area contributed by atoms with Crippen molar-refractivity contribution in [1.82, 2.24) is 9.80 Å². The number of amides is 1. The monoisotopic (exact) mass is 608 g/mol. The van der Waals surface area contributed by atoms with Crippen LogP contribution in [0.5, 0.6) is 5.75 Å². The van der Waals surface area contributed by atoms with Crippen molar-refractivity contribution in [3.63, 3.8) is 0 Å². The van der Waals surface area contributed by atoms with Gasteiger partial charge in [0.2, 0.25) is 0 Å². The Morgan fingerprint density at radius 2 is 1.89 bits per heavy atom. The Balaban J connectivity index is 1.42. The van der Waals surface area contributed by atoms with Crippen molar-refractivity contribution in [3.8, 4) is 5.75 Å². The van der Waals surface area contributed by atoms with E-state index in [1.165, 1.54) is 11.1 Å². The van der Waals surface area contributed by atoms with Crippen LogP contribution >= 0.6 is 0 Å². The molecular weight excluding hydrogens is 560 g/mol. The molecule has 2 aliphatic rings. The number of fused-ring (bicyclic) bond motifs is 1. The summed E-state index contributed by atoms with van der Waals surface area (Å²) in [7, 11) is 0. The van der Waals surface area contributed by atoms with E-state index in [0.29, 0.717) is 51.5 Å². The van der Waals surface area contributed by atoms with Gasteiger partial charge in [-0.15, -0.1) is 0 Å². The lowest BCUT2D eigenvalue weighted by molar-refractivity contribution is -0.143. The first kappa shape index (κ1) is 33.3. The SMILES string of the molecule is CCCOC(=O)c1ccc2c(c1)CCCC2N(CCCCC(=O)OCC)CCc1ccccc1OCCCN1CCOC1=O. The molecule has 9 heteroatoms. The van der Waals surface area contributed by atoms with E-state index in [2.05, 4.69) is 17.0 Å². The molecule has 1 amide bonds. The molecule has 1 unspecified atom stereocenters. The number of aryl methyl sites for hydroxylation is 1. The zero-order chi connectivity index (χ0) is 31.1. The number of ether oxygens (including phenoxy) is 4. The number of unbranched alkanes of at least 4 members (excludes halogenated alkanes) is 1. The van der Waals surface area contributed by atoms with E-state index in [-0.39, 0.29) is 24.1 Å². The number of nitrogens with zero attached hydrogens (tertiary/aromatic N) is 2. The second-order valence-electron chi connectivity index (χ2n) is 11.4. The minimum absolute atomic E-state index is 0.141. The fourth-order valence-corrected chi connectivity index (χ4v) is 6.00. The first-order valence-electron chi connectivity index (χ1n) is 16.3. The summed E-state index contributed by atoms with van der Waals surface area (Å²) in [6.07, 6.45) is 7.25. The maximum Gasteiger partial charge on any atom is 0.409 e. The normalized spacial score (nSPS) is 16.0. The molecule has 2 aromatic rings. The van der Waals surface area contributed by atoms with Crippen molar-refractivity contribution in [2.24, 2.45) is 0 Å². The molecule has 9 nitrogen and oxygen atoms in total. The summed E-state index contributed by atoms with van der Waals surface area (Å²) in [6.45, 7) is 8.60. The third-order valence-electron chi connectivity index (χ3n) is 8.24. The van der Waals surface area contributed by atoms with Crippen molar-refractivity contribution < 1.29 is 33.3 Å². The smallest absolute Gasteiger partial charge is 0.409 e. The predicted molar refractivity (Wildman–Crippen MR) is 168 cm³/mol. The minimum Gasteiger partial charge on any atom is -0.493 e. The number of carbonyl (C=O) groups is 3. The Kier molecular flexibility index (Phi) is 13.4. The van der Waals surface area contributed by atoms with Crippen LogP contribution in [0.3, 0.4) is 0 Å². The van der Waals surface area contributed by atoms with Crippen LogP contribution in [0.25, 0.3) is 0 Å². The highest BCUT2D eigenvalue weighted by molar-refractivity contribution is 5.89. The van der Waals surface area contributed by atoms with Gasteiger partial charge in [-0.1, -0.05) is 31.2 Å². The highest BCUT2D eigenvalue weighted by Gasteiger charge is 2.27. The molecule has 4 rings (SSSR count). The Bertz CT molecular complexity index is 1230. The van der Waals surface area contributed by atoms with Gasteiger partial charge in [-0.3, -0.25) is 9.69 Å². The average Bonchev–Trinajstić information content (AvgIpc) is 3.45. The number of rotatable bonds is 18. The molecule has 44 heavy (non-hydrogen) atoms. The van der Waals surface area contributed by atoms with Crippen molar-refractivity contribution in [2.75, 3.05) is 52.6 Å². The van der Waals surface area contributed by atoms with E-state index in [0.717, 1.165) is 75.8 Å². The lowest BCUT2D eigenvalue weighted by Crippen LogP contribution is -2.34. The molecule has 0 radical (unpaired) electrons. The van der Waals surface area contributed by atoms with Gasteiger partial charge in [0.25, 0.3) is 0 Å². The van der Waals surface area contributed by atoms with Crippen molar-refractivity contribution in [1.29, 1.82) is 0 Å². The Labute approximate surface area is 261 Å². The zero-order valence-electron chi connectivity index (χ0n) is 26.4. The zero-order valence-corrected chi connectivity index (χ0v) is 26.4. The number of para-hydroxylation sites is 1. The molecule has 0 spiro atoms. The van der Waals surface area contributed by atoms with Gasteiger partial charge in [-0.25, -0.2) is 9.59 Å². The summed E-state index contributed by atoms with van der Waals surface area (Å²) >= 11 is 0. The van der Waals surface area contributed by atoms with Crippen LogP contribution in [-0.4, -0.2) is 80.4 Å². The molecular formula is C35H48N2O7. The fourth-order valence-electron chi connectivity index (χ4n) is 6.00. The van der Waals surface area contributed by atoms with E-state index in [1.54, 1.807) is 4.90 Å².